The number of urea groups is 1. The minimum Gasteiger partial charge on any atom is -0.335 e. The molecule has 0 aliphatic heterocycles. The Morgan fingerprint density at radius 2 is 2.10 bits per heavy atom. The third-order valence-electron chi connectivity index (χ3n) is 3.99. The van der Waals surface area contributed by atoms with Crippen molar-refractivity contribution in [3.63, 3.8) is 0 Å². The molecule has 0 saturated heterocycles. The first-order valence-corrected chi connectivity index (χ1v) is 8.57. The Morgan fingerprint density at radius 1 is 1.40 bits per heavy atom. The van der Waals surface area contributed by atoms with Gasteiger partial charge in [0.1, 0.15) is 0 Å². The van der Waals surface area contributed by atoms with Gasteiger partial charge < -0.3 is 10.2 Å². The van der Waals surface area contributed by atoms with Gasteiger partial charge in [-0.25, -0.2) is 4.79 Å². The van der Waals surface area contributed by atoms with E-state index in [2.05, 4.69) is 12.2 Å². The first-order valence-electron chi connectivity index (χ1n) is 7.38. The average molecular weight is 315 g/mol. The second kappa shape index (κ2) is 7.32. The summed E-state index contributed by atoms with van der Waals surface area (Å²) in [5.41, 5.74) is 0. The highest BCUT2D eigenvalue weighted by molar-refractivity contribution is 7.16. The van der Waals surface area contributed by atoms with Crippen molar-refractivity contribution in [2.24, 2.45) is 5.92 Å². The van der Waals surface area contributed by atoms with E-state index in [9.17, 15) is 4.79 Å². The van der Waals surface area contributed by atoms with E-state index in [0.29, 0.717) is 19.1 Å². The molecule has 3 nitrogen and oxygen atoms in total. The molecule has 0 unspecified atom stereocenters. The molecule has 0 bridgehead atoms. The van der Waals surface area contributed by atoms with Gasteiger partial charge in [0.2, 0.25) is 0 Å². The van der Waals surface area contributed by atoms with Gasteiger partial charge in [0, 0.05) is 17.5 Å². The molecule has 1 fully saturated rings. The van der Waals surface area contributed by atoms with Crippen molar-refractivity contribution >= 4 is 29.0 Å². The van der Waals surface area contributed by atoms with Gasteiger partial charge in [-0.05, 0) is 50.7 Å². The number of hydrogen-bond acceptors (Lipinski definition) is 2. The molecule has 112 valence electrons. The molecule has 0 aromatic carbocycles. The zero-order chi connectivity index (χ0) is 14.5. The van der Waals surface area contributed by atoms with E-state index in [-0.39, 0.29) is 6.03 Å². The van der Waals surface area contributed by atoms with E-state index in [4.69, 9.17) is 11.6 Å². The molecule has 1 N–H and O–H groups in total. The third kappa shape index (κ3) is 4.38. The van der Waals surface area contributed by atoms with Gasteiger partial charge in [-0.15, -0.1) is 11.3 Å². The summed E-state index contributed by atoms with van der Waals surface area (Å²) in [4.78, 5) is 15.3. The lowest BCUT2D eigenvalue weighted by Crippen LogP contribution is -2.45. The van der Waals surface area contributed by atoms with Gasteiger partial charge in [-0.2, -0.15) is 0 Å². The van der Waals surface area contributed by atoms with Crippen molar-refractivity contribution in [2.45, 2.75) is 52.1 Å². The van der Waals surface area contributed by atoms with Crippen LogP contribution < -0.4 is 5.32 Å². The van der Waals surface area contributed by atoms with E-state index >= 15 is 0 Å². The van der Waals surface area contributed by atoms with Gasteiger partial charge in [0.05, 0.1) is 10.9 Å². The topological polar surface area (TPSA) is 32.3 Å². The number of thiophene rings is 1. The van der Waals surface area contributed by atoms with Crippen LogP contribution in [0.1, 0.15) is 44.4 Å². The fourth-order valence-corrected chi connectivity index (χ4v) is 3.73. The van der Waals surface area contributed by atoms with E-state index in [0.717, 1.165) is 28.0 Å². The molecule has 0 radical (unpaired) electrons. The van der Waals surface area contributed by atoms with E-state index in [1.807, 2.05) is 24.0 Å². The Labute approximate surface area is 130 Å². The number of hydrogen-bond donors (Lipinski definition) is 1. The molecule has 0 atom stereocenters. The highest BCUT2D eigenvalue weighted by Crippen LogP contribution is 2.24. The molecule has 20 heavy (non-hydrogen) atoms. The van der Waals surface area contributed by atoms with Crippen LogP contribution in [0.3, 0.4) is 0 Å². The van der Waals surface area contributed by atoms with Gasteiger partial charge in [0.25, 0.3) is 0 Å². The van der Waals surface area contributed by atoms with Crippen molar-refractivity contribution in [1.29, 1.82) is 0 Å². The molecular weight excluding hydrogens is 292 g/mol. The van der Waals surface area contributed by atoms with Crippen molar-refractivity contribution in [2.75, 3.05) is 6.54 Å². The first kappa shape index (κ1) is 15.6. The summed E-state index contributed by atoms with van der Waals surface area (Å²) in [5, 5.41) is 3.18. The molecule has 1 saturated carbocycles. The van der Waals surface area contributed by atoms with Crippen LogP contribution in [0.5, 0.6) is 0 Å². The highest BCUT2D eigenvalue weighted by atomic mass is 35.5. The van der Waals surface area contributed by atoms with Crippen LogP contribution in [0, 0.1) is 5.92 Å². The summed E-state index contributed by atoms with van der Waals surface area (Å²) < 4.78 is 0.776. The van der Waals surface area contributed by atoms with Crippen LogP contribution in [0.4, 0.5) is 4.79 Å². The van der Waals surface area contributed by atoms with Crippen LogP contribution in [-0.4, -0.2) is 23.5 Å². The average Bonchev–Trinajstić information content (AvgIpc) is 2.84. The monoisotopic (exact) mass is 314 g/mol. The maximum Gasteiger partial charge on any atom is 0.317 e. The summed E-state index contributed by atoms with van der Waals surface area (Å²) in [6.07, 6.45) is 4.65. The number of halogens is 1. The second-order valence-corrected chi connectivity index (χ2v) is 7.43. The largest absolute Gasteiger partial charge is 0.335 e. The molecule has 1 aliphatic rings. The predicted molar refractivity (Wildman–Crippen MR) is 85.4 cm³/mol. The standard InChI is InChI=1S/C15H23ClN2OS/c1-3-18(10-13-8-9-14(16)20-13)15(19)17-12-6-4-11(2)5-7-12/h8-9,11-12H,3-7,10H2,1-2H3,(H,17,19). The Hall–Kier alpha value is -0.740. The summed E-state index contributed by atoms with van der Waals surface area (Å²) in [6.45, 7) is 5.65. The lowest BCUT2D eigenvalue weighted by Gasteiger charge is -2.29. The van der Waals surface area contributed by atoms with Crippen LogP contribution in [-0.2, 0) is 6.54 Å². The van der Waals surface area contributed by atoms with Gasteiger partial charge in [0.15, 0.2) is 0 Å². The highest BCUT2D eigenvalue weighted by Gasteiger charge is 2.22. The maximum atomic E-state index is 12.3. The first-order chi connectivity index (χ1) is 9.58. The molecule has 2 rings (SSSR count). The van der Waals surface area contributed by atoms with Crippen molar-refractivity contribution < 1.29 is 4.79 Å². The normalized spacial score (nSPS) is 22.6. The maximum absolute atomic E-state index is 12.3. The van der Waals surface area contributed by atoms with Crippen LogP contribution in [0.2, 0.25) is 4.34 Å². The molecule has 2 amide bonds. The van der Waals surface area contributed by atoms with Crippen LogP contribution in [0.15, 0.2) is 12.1 Å². The number of nitrogens with one attached hydrogen (secondary N) is 1. The van der Waals surface area contributed by atoms with Crippen LogP contribution >= 0.6 is 22.9 Å². The van der Waals surface area contributed by atoms with Gasteiger partial charge in [-0.3, -0.25) is 0 Å². The van der Waals surface area contributed by atoms with Crippen molar-refractivity contribution in [3.05, 3.63) is 21.3 Å². The molecule has 0 spiro atoms. The molecular formula is C15H23ClN2OS. The van der Waals surface area contributed by atoms with Crippen molar-refractivity contribution in [1.82, 2.24) is 10.2 Å². The lowest BCUT2D eigenvalue weighted by molar-refractivity contribution is 0.188. The Balaban J connectivity index is 1.85. The summed E-state index contributed by atoms with van der Waals surface area (Å²) >= 11 is 7.47. The minimum atomic E-state index is 0.0524. The molecule has 1 aromatic rings. The number of amides is 2. The number of carbonyl (C=O) groups is 1. The Bertz CT molecular complexity index is 441. The number of carbonyl (C=O) groups excluding carboxylic acids is 1. The zero-order valence-corrected chi connectivity index (χ0v) is 13.8. The molecule has 1 aromatic heterocycles. The van der Waals surface area contributed by atoms with E-state index in [1.54, 1.807) is 0 Å². The molecule has 1 heterocycles. The van der Waals surface area contributed by atoms with E-state index in [1.165, 1.54) is 24.2 Å². The molecule has 5 heteroatoms. The van der Waals surface area contributed by atoms with Gasteiger partial charge in [-0.1, -0.05) is 18.5 Å². The Morgan fingerprint density at radius 3 is 2.65 bits per heavy atom. The number of rotatable bonds is 4. The smallest absolute Gasteiger partial charge is 0.317 e. The fraction of sp³-hybridized carbons (Fsp3) is 0.667. The zero-order valence-electron chi connectivity index (χ0n) is 12.2. The fourth-order valence-electron chi connectivity index (χ4n) is 2.62. The summed E-state index contributed by atoms with van der Waals surface area (Å²) in [5.74, 6) is 0.804. The van der Waals surface area contributed by atoms with Crippen molar-refractivity contribution in [3.8, 4) is 0 Å². The summed E-state index contributed by atoms with van der Waals surface area (Å²) in [7, 11) is 0. The SMILES string of the molecule is CCN(Cc1ccc(Cl)s1)C(=O)NC1CCC(C)CC1. The Kier molecular flexibility index (Phi) is 5.73. The predicted octanol–water partition coefficient (Wildman–Crippen LogP) is 4.51. The minimum absolute atomic E-state index is 0.0524. The second-order valence-electron chi connectivity index (χ2n) is 5.63. The third-order valence-corrected chi connectivity index (χ3v) is 5.20. The quantitative estimate of drug-likeness (QED) is 0.871. The van der Waals surface area contributed by atoms with Crippen LogP contribution in [0.25, 0.3) is 0 Å². The van der Waals surface area contributed by atoms with E-state index < -0.39 is 0 Å². The molecule has 1 aliphatic carbocycles. The van der Waals surface area contributed by atoms with Gasteiger partial charge >= 0.3 is 6.03 Å². The lowest BCUT2D eigenvalue weighted by atomic mass is 9.87. The summed E-state index contributed by atoms with van der Waals surface area (Å²) in [6, 6.07) is 4.28. The number of nitrogens with zero attached hydrogens (tertiary/aromatic N) is 1.